The van der Waals surface area contributed by atoms with Crippen LogP contribution in [0.2, 0.25) is 0 Å². The summed E-state index contributed by atoms with van der Waals surface area (Å²) >= 11 is 0. The predicted molar refractivity (Wildman–Crippen MR) is 132 cm³/mol. The van der Waals surface area contributed by atoms with Crippen LogP contribution in [0, 0.1) is 0 Å². The molecule has 0 aromatic rings. The fourth-order valence-corrected chi connectivity index (χ4v) is 3.56. The molecule has 186 valence electrons. The molecule has 0 aromatic heterocycles. The number of unbranched alkanes of at least 4 members (excludes halogenated alkanes) is 14. The SMILES string of the molecule is CCCCCCCCCC(OCCCCCCC)=C(OCCCCCCC)OCOC. The van der Waals surface area contributed by atoms with Crippen molar-refractivity contribution in [1.82, 2.24) is 0 Å². The van der Waals surface area contributed by atoms with Crippen molar-refractivity contribution in [3.63, 3.8) is 0 Å². The second-order valence-electron chi connectivity index (χ2n) is 8.66. The third kappa shape index (κ3) is 20.7. The Balaban J connectivity index is 4.63. The van der Waals surface area contributed by atoms with Gasteiger partial charge in [0.15, 0.2) is 12.6 Å². The van der Waals surface area contributed by atoms with E-state index < -0.39 is 0 Å². The number of allylic oxidation sites excluding steroid dienone is 1. The summed E-state index contributed by atoms with van der Waals surface area (Å²) < 4.78 is 23.2. The topological polar surface area (TPSA) is 36.9 Å². The maximum absolute atomic E-state index is 6.20. The lowest BCUT2D eigenvalue weighted by molar-refractivity contribution is -0.0692. The number of rotatable bonds is 25. The van der Waals surface area contributed by atoms with Gasteiger partial charge in [-0.2, -0.15) is 0 Å². The molecule has 0 aromatic carbocycles. The van der Waals surface area contributed by atoms with Gasteiger partial charge in [-0.05, 0) is 19.3 Å². The van der Waals surface area contributed by atoms with Gasteiger partial charge in [0.1, 0.15) is 0 Å². The highest BCUT2D eigenvalue weighted by Crippen LogP contribution is 2.20. The molecular weight excluding hydrogens is 388 g/mol. The second-order valence-corrected chi connectivity index (χ2v) is 8.66. The Morgan fingerprint density at radius 1 is 0.484 bits per heavy atom. The summed E-state index contributed by atoms with van der Waals surface area (Å²) in [7, 11) is 1.65. The molecule has 0 spiro atoms. The lowest BCUT2D eigenvalue weighted by Gasteiger charge is -2.17. The van der Waals surface area contributed by atoms with Crippen LogP contribution in [0.3, 0.4) is 0 Å². The summed E-state index contributed by atoms with van der Waals surface area (Å²) in [5.74, 6) is 1.44. The molecule has 0 radical (unpaired) electrons. The minimum atomic E-state index is 0.200. The Morgan fingerprint density at radius 3 is 1.45 bits per heavy atom. The molecule has 0 rings (SSSR count). The summed E-state index contributed by atoms with van der Waals surface area (Å²) in [6.07, 6.45) is 22.2. The Bertz CT molecular complexity index is 381. The lowest BCUT2D eigenvalue weighted by Crippen LogP contribution is -2.09. The zero-order chi connectivity index (χ0) is 22.8. The van der Waals surface area contributed by atoms with Crippen molar-refractivity contribution in [3.8, 4) is 0 Å². The predicted octanol–water partition coefficient (Wildman–Crippen LogP) is 8.89. The van der Waals surface area contributed by atoms with Crippen LogP contribution in [0.5, 0.6) is 0 Å². The summed E-state index contributed by atoms with van der Waals surface area (Å²) in [6.45, 7) is 8.39. The first-order valence-corrected chi connectivity index (χ1v) is 13.4. The van der Waals surface area contributed by atoms with Gasteiger partial charge in [0.2, 0.25) is 0 Å². The van der Waals surface area contributed by atoms with Crippen LogP contribution in [-0.2, 0) is 18.9 Å². The lowest BCUT2D eigenvalue weighted by atomic mass is 10.1. The summed E-state index contributed by atoms with van der Waals surface area (Å²) in [6, 6.07) is 0. The van der Waals surface area contributed by atoms with Gasteiger partial charge in [-0.15, -0.1) is 0 Å². The third-order valence-corrected chi connectivity index (χ3v) is 5.55. The van der Waals surface area contributed by atoms with Crippen LogP contribution in [0.15, 0.2) is 11.7 Å². The molecule has 0 amide bonds. The largest absolute Gasteiger partial charge is 0.491 e. The van der Waals surface area contributed by atoms with Gasteiger partial charge in [-0.25, -0.2) is 0 Å². The average Bonchev–Trinajstić information content (AvgIpc) is 2.78. The molecule has 0 atom stereocenters. The van der Waals surface area contributed by atoms with Crippen LogP contribution < -0.4 is 0 Å². The van der Waals surface area contributed by atoms with E-state index in [1.165, 1.54) is 89.9 Å². The normalized spacial score (nSPS) is 12.0. The van der Waals surface area contributed by atoms with Crippen LogP contribution in [0.25, 0.3) is 0 Å². The molecule has 4 nitrogen and oxygen atoms in total. The highest BCUT2D eigenvalue weighted by molar-refractivity contribution is 4.95. The number of hydrogen-bond acceptors (Lipinski definition) is 4. The highest BCUT2D eigenvalue weighted by atomic mass is 16.7. The first kappa shape index (κ1) is 30.1. The van der Waals surface area contributed by atoms with Gasteiger partial charge in [0, 0.05) is 13.5 Å². The smallest absolute Gasteiger partial charge is 0.321 e. The first-order valence-electron chi connectivity index (χ1n) is 13.4. The van der Waals surface area contributed by atoms with Gasteiger partial charge in [-0.1, -0.05) is 111 Å². The molecule has 0 bridgehead atoms. The summed E-state index contributed by atoms with van der Waals surface area (Å²) in [4.78, 5) is 0. The van der Waals surface area contributed by atoms with Gasteiger partial charge in [0.25, 0.3) is 0 Å². The minimum Gasteiger partial charge on any atom is -0.491 e. The number of methoxy groups -OCH3 is 1. The molecule has 0 saturated carbocycles. The molecule has 0 fully saturated rings. The fraction of sp³-hybridized carbons (Fsp3) is 0.926. The highest BCUT2D eigenvalue weighted by Gasteiger charge is 2.13. The minimum absolute atomic E-state index is 0.200. The molecular formula is C27H54O4. The molecule has 0 aliphatic rings. The van der Waals surface area contributed by atoms with E-state index in [9.17, 15) is 0 Å². The third-order valence-electron chi connectivity index (χ3n) is 5.55. The van der Waals surface area contributed by atoms with Crippen LogP contribution in [0.1, 0.15) is 136 Å². The Kier molecular flexibility index (Phi) is 24.6. The standard InChI is InChI=1S/C27H54O4/c1-5-8-11-14-15-16-19-22-26(29-23-20-17-12-9-6-2)27(31-25-28-4)30-24-21-18-13-10-7-3/h5-25H2,1-4H3. The van der Waals surface area contributed by atoms with Gasteiger partial charge in [-0.3, -0.25) is 0 Å². The molecule has 4 heteroatoms. The van der Waals surface area contributed by atoms with Crippen molar-refractivity contribution in [2.45, 2.75) is 136 Å². The summed E-state index contributed by atoms with van der Waals surface area (Å²) in [5.41, 5.74) is 0. The van der Waals surface area contributed by atoms with E-state index in [-0.39, 0.29) is 6.79 Å². The van der Waals surface area contributed by atoms with Crippen molar-refractivity contribution in [3.05, 3.63) is 11.7 Å². The Labute approximate surface area is 194 Å². The second kappa shape index (κ2) is 25.4. The molecule has 0 unspecified atom stereocenters. The van der Waals surface area contributed by atoms with E-state index in [1.807, 2.05) is 0 Å². The molecule has 0 aliphatic heterocycles. The van der Waals surface area contributed by atoms with E-state index in [4.69, 9.17) is 18.9 Å². The van der Waals surface area contributed by atoms with Gasteiger partial charge < -0.3 is 18.9 Å². The van der Waals surface area contributed by atoms with E-state index in [0.29, 0.717) is 12.6 Å². The summed E-state index contributed by atoms with van der Waals surface area (Å²) in [5, 5.41) is 0. The Morgan fingerprint density at radius 2 is 0.935 bits per heavy atom. The zero-order valence-corrected chi connectivity index (χ0v) is 21.5. The van der Waals surface area contributed by atoms with Crippen LogP contribution in [0.4, 0.5) is 0 Å². The van der Waals surface area contributed by atoms with Gasteiger partial charge in [0.05, 0.1) is 13.2 Å². The van der Waals surface area contributed by atoms with E-state index >= 15 is 0 Å². The number of ether oxygens (including phenoxy) is 4. The van der Waals surface area contributed by atoms with E-state index in [0.717, 1.165) is 38.0 Å². The number of hydrogen-bond donors (Lipinski definition) is 0. The molecule has 31 heavy (non-hydrogen) atoms. The quantitative estimate of drug-likeness (QED) is 0.0803. The van der Waals surface area contributed by atoms with Crippen molar-refractivity contribution in [1.29, 1.82) is 0 Å². The van der Waals surface area contributed by atoms with E-state index in [2.05, 4.69) is 20.8 Å². The molecule has 0 heterocycles. The van der Waals surface area contributed by atoms with Crippen LogP contribution in [-0.4, -0.2) is 27.1 Å². The van der Waals surface area contributed by atoms with Crippen LogP contribution >= 0.6 is 0 Å². The van der Waals surface area contributed by atoms with Crippen molar-refractivity contribution >= 4 is 0 Å². The zero-order valence-electron chi connectivity index (χ0n) is 21.5. The molecule has 0 aliphatic carbocycles. The van der Waals surface area contributed by atoms with E-state index in [1.54, 1.807) is 7.11 Å². The van der Waals surface area contributed by atoms with Crippen molar-refractivity contribution < 1.29 is 18.9 Å². The fourth-order valence-electron chi connectivity index (χ4n) is 3.56. The van der Waals surface area contributed by atoms with Crippen molar-refractivity contribution in [2.24, 2.45) is 0 Å². The Hall–Kier alpha value is -0.900. The first-order chi connectivity index (χ1) is 15.3. The molecule has 0 N–H and O–H groups in total. The molecule has 0 saturated heterocycles. The average molecular weight is 443 g/mol. The van der Waals surface area contributed by atoms with Gasteiger partial charge >= 0.3 is 5.95 Å². The maximum atomic E-state index is 6.20. The van der Waals surface area contributed by atoms with Crippen molar-refractivity contribution in [2.75, 3.05) is 27.1 Å². The maximum Gasteiger partial charge on any atom is 0.321 e. The monoisotopic (exact) mass is 442 g/mol.